The quantitative estimate of drug-likeness (QED) is 0.767. The Hall–Kier alpha value is -2.51. The van der Waals surface area contributed by atoms with Crippen molar-refractivity contribution in [2.75, 3.05) is 17.8 Å². The van der Waals surface area contributed by atoms with Crippen molar-refractivity contribution in [2.45, 2.75) is 18.8 Å². The highest BCUT2D eigenvalue weighted by Gasteiger charge is 2.29. The van der Waals surface area contributed by atoms with Gasteiger partial charge in [0.25, 0.3) is 0 Å². The molecule has 0 aliphatic carbocycles. The molecule has 0 unspecified atom stereocenters. The molecule has 3 heterocycles. The Kier molecular flexibility index (Phi) is 4.57. The van der Waals surface area contributed by atoms with Gasteiger partial charge in [-0.2, -0.15) is 12.7 Å². The van der Waals surface area contributed by atoms with Gasteiger partial charge in [-0.25, -0.2) is 4.98 Å². The second-order valence-corrected chi connectivity index (χ2v) is 8.09. The topological polar surface area (TPSA) is 75.2 Å². The van der Waals surface area contributed by atoms with Gasteiger partial charge in [-0.3, -0.25) is 9.71 Å². The summed E-state index contributed by atoms with van der Waals surface area (Å²) in [4.78, 5) is 8.78. The summed E-state index contributed by atoms with van der Waals surface area (Å²) in [5.74, 6) is 0.650. The molecule has 0 atom stereocenters. The number of fused-ring (bicyclic) bond motifs is 1. The van der Waals surface area contributed by atoms with Crippen LogP contribution in [0.5, 0.6) is 0 Å². The Morgan fingerprint density at radius 3 is 2.50 bits per heavy atom. The van der Waals surface area contributed by atoms with Gasteiger partial charge in [0.15, 0.2) is 0 Å². The van der Waals surface area contributed by atoms with Crippen molar-refractivity contribution in [1.29, 1.82) is 0 Å². The molecule has 1 aromatic carbocycles. The van der Waals surface area contributed by atoms with E-state index >= 15 is 0 Å². The standard InChI is InChI=1S/C19H20N4O2S/c24-26(25,22-19-9-8-15-5-1-2-7-18(15)21-19)23-13-10-16(11-14-23)17-6-3-4-12-20-17/h1-9,12,16H,10-11,13-14H2,(H,21,22). The number of hydrogen-bond acceptors (Lipinski definition) is 4. The van der Waals surface area contributed by atoms with Crippen LogP contribution in [0.4, 0.5) is 5.82 Å². The van der Waals surface area contributed by atoms with Crippen molar-refractivity contribution in [3.63, 3.8) is 0 Å². The Labute approximate surface area is 153 Å². The van der Waals surface area contributed by atoms with Crippen LogP contribution in [0.2, 0.25) is 0 Å². The first kappa shape index (κ1) is 16.9. The third kappa shape index (κ3) is 3.54. The van der Waals surface area contributed by atoms with Gasteiger partial charge in [0.2, 0.25) is 0 Å². The molecule has 1 saturated heterocycles. The molecule has 1 fully saturated rings. The smallest absolute Gasteiger partial charge is 0.261 e. The van der Waals surface area contributed by atoms with E-state index in [1.54, 1.807) is 12.3 Å². The number of piperidine rings is 1. The van der Waals surface area contributed by atoms with Gasteiger partial charge in [-0.1, -0.05) is 24.3 Å². The number of para-hydroxylation sites is 1. The molecule has 7 heteroatoms. The Balaban J connectivity index is 1.45. The van der Waals surface area contributed by atoms with E-state index in [4.69, 9.17) is 0 Å². The number of hydrogen-bond donors (Lipinski definition) is 1. The second kappa shape index (κ2) is 7.01. The first-order valence-corrected chi connectivity index (χ1v) is 10.1. The zero-order valence-electron chi connectivity index (χ0n) is 14.2. The number of rotatable bonds is 4. The maximum atomic E-state index is 12.7. The summed E-state index contributed by atoms with van der Waals surface area (Å²) in [7, 11) is -3.61. The van der Waals surface area contributed by atoms with Crippen LogP contribution >= 0.6 is 0 Å². The van der Waals surface area contributed by atoms with Gasteiger partial charge in [0, 0.05) is 36.3 Å². The molecular weight excluding hydrogens is 348 g/mol. The lowest BCUT2D eigenvalue weighted by molar-refractivity contribution is 0.318. The van der Waals surface area contributed by atoms with Gasteiger partial charge >= 0.3 is 10.2 Å². The highest BCUT2D eigenvalue weighted by molar-refractivity contribution is 7.90. The van der Waals surface area contributed by atoms with Crippen LogP contribution in [-0.2, 0) is 10.2 Å². The Bertz CT molecular complexity index is 1000. The zero-order valence-corrected chi connectivity index (χ0v) is 15.1. The first-order chi connectivity index (χ1) is 12.6. The van der Waals surface area contributed by atoms with Crippen LogP contribution in [0.1, 0.15) is 24.5 Å². The van der Waals surface area contributed by atoms with E-state index in [0.29, 0.717) is 24.8 Å². The van der Waals surface area contributed by atoms with Crippen LogP contribution in [0.25, 0.3) is 10.9 Å². The number of nitrogens with one attached hydrogen (secondary N) is 1. The van der Waals surface area contributed by atoms with Crippen molar-refractivity contribution >= 4 is 26.9 Å². The van der Waals surface area contributed by atoms with Crippen molar-refractivity contribution in [3.05, 3.63) is 66.5 Å². The first-order valence-electron chi connectivity index (χ1n) is 8.66. The summed E-state index contributed by atoms with van der Waals surface area (Å²) in [6.07, 6.45) is 3.32. The highest BCUT2D eigenvalue weighted by Crippen LogP contribution is 2.28. The van der Waals surface area contributed by atoms with E-state index in [0.717, 1.165) is 29.4 Å². The monoisotopic (exact) mass is 368 g/mol. The lowest BCUT2D eigenvalue weighted by Crippen LogP contribution is -2.41. The zero-order chi connectivity index (χ0) is 18.0. The third-order valence-corrected chi connectivity index (χ3v) is 6.24. The van der Waals surface area contributed by atoms with Crippen LogP contribution in [0.15, 0.2) is 60.8 Å². The van der Waals surface area contributed by atoms with Crippen LogP contribution in [0, 0.1) is 0 Å². The molecule has 1 aliphatic heterocycles. The maximum Gasteiger partial charge on any atom is 0.302 e. The van der Waals surface area contributed by atoms with Crippen molar-refractivity contribution in [2.24, 2.45) is 0 Å². The molecule has 26 heavy (non-hydrogen) atoms. The molecule has 3 aromatic rings. The molecule has 0 bridgehead atoms. The molecule has 0 spiro atoms. The number of pyridine rings is 2. The molecule has 6 nitrogen and oxygen atoms in total. The summed E-state index contributed by atoms with van der Waals surface area (Å²) >= 11 is 0. The number of anilines is 1. The van der Waals surface area contributed by atoms with Gasteiger partial charge in [-0.05, 0) is 43.2 Å². The van der Waals surface area contributed by atoms with Crippen molar-refractivity contribution in [3.8, 4) is 0 Å². The summed E-state index contributed by atoms with van der Waals surface area (Å²) < 4.78 is 29.5. The lowest BCUT2D eigenvalue weighted by atomic mass is 9.94. The summed E-state index contributed by atoms with van der Waals surface area (Å²) in [5, 5.41) is 0.978. The molecule has 4 rings (SSSR count). The highest BCUT2D eigenvalue weighted by atomic mass is 32.2. The van der Waals surface area contributed by atoms with Crippen LogP contribution in [0.3, 0.4) is 0 Å². The SMILES string of the molecule is O=S(=O)(Nc1ccc2ccccc2n1)N1CCC(c2ccccn2)CC1. The minimum Gasteiger partial charge on any atom is -0.261 e. The van der Waals surface area contributed by atoms with Crippen molar-refractivity contribution in [1.82, 2.24) is 14.3 Å². The van der Waals surface area contributed by atoms with E-state index in [1.807, 2.05) is 48.5 Å². The largest absolute Gasteiger partial charge is 0.302 e. The third-order valence-electron chi connectivity index (χ3n) is 4.73. The van der Waals surface area contributed by atoms with Gasteiger partial charge in [0.05, 0.1) is 5.52 Å². The molecule has 1 aliphatic rings. The minimum absolute atomic E-state index is 0.307. The van der Waals surface area contributed by atoms with Gasteiger partial charge in [0.1, 0.15) is 5.82 Å². The summed E-state index contributed by atoms with van der Waals surface area (Å²) in [5.41, 5.74) is 1.80. The fourth-order valence-corrected chi connectivity index (χ4v) is 4.53. The molecule has 0 amide bonds. The van der Waals surface area contributed by atoms with E-state index in [1.165, 1.54) is 4.31 Å². The van der Waals surface area contributed by atoms with Crippen LogP contribution < -0.4 is 4.72 Å². The van der Waals surface area contributed by atoms with Crippen molar-refractivity contribution < 1.29 is 8.42 Å². The number of aromatic nitrogens is 2. The average molecular weight is 368 g/mol. The van der Waals surface area contributed by atoms with Crippen LogP contribution in [-0.4, -0.2) is 35.8 Å². The van der Waals surface area contributed by atoms with E-state index in [2.05, 4.69) is 14.7 Å². The molecule has 0 radical (unpaired) electrons. The molecule has 2 aromatic heterocycles. The fraction of sp³-hybridized carbons (Fsp3) is 0.263. The molecular formula is C19H20N4O2S. The predicted molar refractivity (Wildman–Crippen MR) is 102 cm³/mol. The Morgan fingerprint density at radius 1 is 0.962 bits per heavy atom. The average Bonchev–Trinajstić information content (AvgIpc) is 2.68. The summed E-state index contributed by atoms with van der Waals surface area (Å²) in [6, 6.07) is 17.1. The van der Waals surface area contributed by atoms with E-state index in [-0.39, 0.29) is 0 Å². The van der Waals surface area contributed by atoms with Gasteiger partial charge < -0.3 is 0 Å². The fourth-order valence-electron chi connectivity index (χ4n) is 3.33. The molecule has 1 N–H and O–H groups in total. The second-order valence-electron chi connectivity index (χ2n) is 6.42. The van der Waals surface area contributed by atoms with Gasteiger partial charge in [-0.15, -0.1) is 0 Å². The van der Waals surface area contributed by atoms with E-state index < -0.39 is 10.2 Å². The number of nitrogens with zero attached hydrogens (tertiary/aromatic N) is 3. The minimum atomic E-state index is -3.61. The maximum absolute atomic E-state index is 12.7. The predicted octanol–water partition coefficient (Wildman–Crippen LogP) is 3.17. The molecule has 0 saturated carbocycles. The lowest BCUT2D eigenvalue weighted by Gasteiger charge is -2.30. The molecule has 134 valence electrons. The Morgan fingerprint density at radius 2 is 1.73 bits per heavy atom. The van der Waals surface area contributed by atoms with E-state index in [9.17, 15) is 8.42 Å². The normalized spacial score (nSPS) is 16.6. The number of benzene rings is 1. The summed E-state index contributed by atoms with van der Waals surface area (Å²) in [6.45, 7) is 0.953.